The van der Waals surface area contributed by atoms with Gasteiger partial charge < -0.3 is 0 Å². The highest BCUT2D eigenvalue weighted by molar-refractivity contribution is 7.98. The summed E-state index contributed by atoms with van der Waals surface area (Å²) in [5.41, 5.74) is 4.17. The maximum atomic E-state index is 4.18. The van der Waals surface area contributed by atoms with E-state index in [0.29, 0.717) is 10.9 Å². The number of benzene rings is 2. The summed E-state index contributed by atoms with van der Waals surface area (Å²) in [4.78, 5) is 0. The third-order valence-corrected chi connectivity index (χ3v) is 4.87. The second-order valence-electron chi connectivity index (χ2n) is 5.74. The molecule has 0 aliphatic carbocycles. The summed E-state index contributed by atoms with van der Waals surface area (Å²) < 4.78 is 3.49. The SMILES string of the molecule is Cc1cccc(C)c1-n1nnnc1CSc1nnnn1-c1ccccc1. The zero-order valence-corrected chi connectivity index (χ0v) is 15.1. The molecule has 0 radical (unpaired) electrons. The van der Waals surface area contributed by atoms with Gasteiger partial charge in [0.1, 0.15) is 0 Å². The Bertz CT molecular complexity index is 1000. The number of thioether (sulfide) groups is 1. The van der Waals surface area contributed by atoms with Crippen LogP contribution in [0.25, 0.3) is 11.4 Å². The highest BCUT2D eigenvalue weighted by Crippen LogP contribution is 2.24. The molecule has 0 N–H and O–H groups in total. The standard InChI is InChI=1S/C17H16N8S/c1-12-7-6-8-13(2)16(12)25-15(18-20-23-25)11-26-17-19-21-22-24(17)14-9-4-3-5-10-14/h3-10H,11H2,1-2H3. The first-order chi connectivity index (χ1) is 12.7. The lowest BCUT2D eigenvalue weighted by atomic mass is 10.1. The van der Waals surface area contributed by atoms with E-state index in [1.54, 1.807) is 9.36 Å². The van der Waals surface area contributed by atoms with Gasteiger partial charge in [-0.25, -0.2) is 0 Å². The quantitative estimate of drug-likeness (QED) is 0.503. The van der Waals surface area contributed by atoms with Gasteiger partial charge >= 0.3 is 0 Å². The summed E-state index contributed by atoms with van der Waals surface area (Å²) in [7, 11) is 0. The van der Waals surface area contributed by atoms with Crippen molar-refractivity contribution in [1.82, 2.24) is 40.4 Å². The highest BCUT2D eigenvalue weighted by Gasteiger charge is 2.15. The smallest absolute Gasteiger partial charge is 0.196 e. The first-order valence-corrected chi connectivity index (χ1v) is 9.03. The van der Waals surface area contributed by atoms with Crippen LogP contribution >= 0.6 is 11.8 Å². The topological polar surface area (TPSA) is 87.2 Å². The molecule has 26 heavy (non-hydrogen) atoms. The number of para-hydroxylation sites is 2. The molecule has 0 saturated heterocycles. The zero-order valence-electron chi connectivity index (χ0n) is 14.3. The summed E-state index contributed by atoms with van der Waals surface area (Å²) in [6.07, 6.45) is 0. The Morgan fingerprint density at radius 1 is 0.808 bits per heavy atom. The molecule has 8 nitrogen and oxygen atoms in total. The Morgan fingerprint density at radius 3 is 2.27 bits per heavy atom. The van der Waals surface area contributed by atoms with E-state index in [-0.39, 0.29) is 0 Å². The fraction of sp³-hybridized carbons (Fsp3) is 0.176. The highest BCUT2D eigenvalue weighted by atomic mass is 32.2. The van der Waals surface area contributed by atoms with E-state index in [1.165, 1.54) is 11.8 Å². The summed E-state index contributed by atoms with van der Waals surface area (Å²) in [5, 5.41) is 24.9. The van der Waals surface area contributed by atoms with Crippen LogP contribution in [-0.4, -0.2) is 40.4 Å². The third kappa shape index (κ3) is 3.08. The monoisotopic (exact) mass is 364 g/mol. The Hall–Kier alpha value is -3.07. The largest absolute Gasteiger partial charge is 0.214 e. The maximum absolute atomic E-state index is 4.18. The van der Waals surface area contributed by atoms with Crippen LogP contribution in [0.3, 0.4) is 0 Å². The van der Waals surface area contributed by atoms with Crippen LogP contribution in [0, 0.1) is 13.8 Å². The number of tetrazole rings is 2. The van der Waals surface area contributed by atoms with Gasteiger partial charge in [-0.3, -0.25) is 0 Å². The van der Waals surface area contributed by atoms with E-state index < -0.39 is 0 Å². The van der Waals surface area contributed by atoms with E-state index in [2.05, 4.69) is 57.0 Å². The number of hydrogen-bond donors (Lipinski definition) is 0. The predicted octanol–water partition coefficient (Wildman–Crippen LogP) is 2.55. The van der Waals surface area contributed by atoms with Crippen molar-refractivity contribution in [2.45, 2.75) is 24.8 Å². The first-order valence-electron chi connectivity index (χ1n) is 8.04. The summed E-state index contributed by atoms with van der Waals surface area (Å²) in [5.74, 6) is 1.29. The Balaban J connectivity index is 1.60. The normalized spacial score (nSPS) is 11.0. The van der Waals surface area contributed by atoms with E-state index in [4.69, 9.17) is 0 Å². The van der Waals surface area contributed by atoms with E-state index in [0.717, 1.165) is 28.3 Å². The minimum absolute atomic E-state index is 0.550. The van der Waals surface area contributed by atoms with Crippen LogP contribution in [0.15, 0.2) is 53.7 Å². The molecule has 0 aliphatic rings. The molecule has 0 atom stereocenters. The van der Waals surface area contributed by atoms with Gasteiger partial charge in [0.15, 0.2) is 5.82 Å². The lowest BCUT2D eigenvalue weighted by Crippen LogP contribution is -2.07. The molecular weight excluding hydrogens is 348 g/mol. The molecule has 0 aliphatic heterocycles. The van der Waals surface area contributed by atoms with Gasteiger partial charge in [-0.2, -0.15) is 9.36 Å². The zero-order chi connectivity index (χ0) is 17.9. The molecule has 0 amide bonds. The molecule has 0 saturated carbocycles. The van der Waals surface area contributed by atoms with Crippen LogP contribution in [0.4, 0.5) is 0 Å². The molecule has 0 unspecified atom stereocenters. The van der Waals surface area contributed by atoms with Crippen molar-refractivity contribution in [3.8, 4) is 11.4 Å². The Labute approximate surface area is 154 Å². The van der Waals surface area contributed by atoms with Crippen molar-refractivity contribution in [2.75, 3.05) is 0 Å². The molecule has 9 heteroatoms. The van der Waals surface area contributed by atoms with Crippen LogP contribution in [0.1, 0.15) is 17.0 Å². The molecule has 0 spiro atoms. The predicted molar refractivity (Wildman–Crippen MR) is 97.3 cm³/mol. The number of aromatic nitrogens is 8. The summed E-state index contributed by atoms with van der Waals surface area (Å²) in [6, 6.07) is 15.9. The van der Waals surface area contributed by atoms with Crippen LogP contribution in [0.2, 0.25) is 0 Å². The minimum Gasteiger partial charge on any atom is -0.196 e. The molecule has 2 heterocycles. The molecule has 4 aromatic rings. The molecule has 2 aromatic carbocycles. The molecule has 0 fully saturated rings. The second kappa shape index (κ2) is 7.04. The fourth-order valence-corrected chi connectivity index (χ4v) is 3.54. The minimum atomic E-state index is 0.550. The molecule has 0 bridgehead atoms. The van der Waals surface area contributed by atoms with Crippen molar-refractivity contribution in [3.63, 3.8) is 0 Å². The van der Waals surface area contributed by atoms with Crippen molar-refractivity contribution in [3.05, 3.63) is 65.5 Å². The molecule has 2 aromatic heterocycles. The lowest BCUT2D eigenvalue weighted by Gasteiger charge is -2.10. The average molecular weight is 364 g/mol. The van der Waals surface area contributed by atoms with E-state index in [1.807, 2.05) is 36.4 Å². The number of nitrogens with zero attached hydrogens (tertiary/aromatic N) is 8. The first kappa shape index (κ1) is 16.4. The number of hydrogen-bond acceptors (Lipinski definition) is 7. The Kier molecular flexibility index (Phi) is 4.44. The van der Waals surface area contributed by atoms with Crippen molar-refractivity contribution in [2.24, 2.45) is 0 Å². The van der Waals surface area contributed by atoms with Crippen LogP contribution in [-0.2, 0) is 5.75 Å². The van der Waals surface area contributed by atoms with Crippen LogP contribution < -0.4 is 0 Å². The fourth-order valence-electron chi connectivity index (χ4n) is 2.74. The van der Waals surface area contributed by atoms with Gasteiger partial charge in [-0.05, 0) is 58.0 Å². The second-order valence-corrected chi connectivity index (χ2v) is 6.69. The number of aryl methyl sites for hydroxylation is 2. The van der Waals surface area contributed by atoms with Gasteiger partial charge in [0.2, 0.25) is 5.16 Å². The molecule has 130 valence electrons. The van der Waals surface area contributed by atoms with Gasteiger partial charge in [-0.15, -0.1) is 10.2 Å². The van der Waals surface area contributed by atoms with Gasteiger partial charge in [0.25, 0.3) is 0 Å². The molecular formula is C17H16N8S. The lowest BCUT2D eigenvalue weighted by molar-refractivity contribution is 0.754. The molecule has 4 rings (SSSR count). The summed E-state index contributed by atoms with van der Waals surface area (Å²) >= 11 is 1.49. The van der Waals surface area contributed by atoms with Gasteiger partial charge in [0.05, 0.1) is 17.1 Å². The van der Waals surface area contributed by atoms with Crippen molar-refractivity contribution < 1.29 is 0 Å². The Morgan fingerprint density at radius 2 is 1.50 bits per heavy atom. The van der Waals surface area contributed by atoms with Crippen molar-refractivity contribution >= 4 is 11.8 Å². The van der Waals surface area contributed by atoms with Crippen LogP contribution in [0.5, 0.6) is 0 Å². The maximum Gasteiger partial charge on any atom is 0.214 e. The van der Waals surface area contributed by atoms with E-state index >= 15 is 0 Å². The average Bonchev–Trinajstić information content (AvgIpc) is 3.30. The summed E-state index contributed by atoms with van der Waals surface area (Å²) in [6.45, 7) is 4.10. The van der Waals surface area contributed by atoms with Gasteiger partial charge in [-0.1, -0.05) is 48.2 Å². The van der Waals surface area contributed by atoms with Gasteiger partial charge in [0, 0.05) is 0 Å². The third-order valence-electron chi connectivity index (χ3n) is 3.96. The van der Waals surface area contributed by atoms with Crippen molar-refractivity contribution in [1.29, 1.82) is 0 Å². The van der Waals surface area contributed by atoms with E-state index in [9.17, 15) is 0 Å². The number of rotatable bonds is 5.